The number of carbonyl (C=O) groups is 1. The van der Waals surface area contributed by atoms with Gasteiger partial charge in [0.25, 0.3) is 10.0 Å². The van der Waals surface area contributed by atoms with Crippen LogP contribution in [-0.4, -0.2) is 14.3 Å². The quantitative estimate of drug-likeness (QED) is 0.503. The Labute approximate surface area is 156 Å². The van der Waals surface area contributed by atoms with Gasteiger partial charge in [0.15, 0.2) is 5.76 Å². The van der Waals surface area contributed by atoms with Crippen LogP contribution in [0, 0.1) is 12.7 Å². The minimum atomic E-state index is -5.08. The van der Waals surface area contributed by atoms with Gasteiger partial charge >= 0.3 is 12.1 Å². The smallest absolute Gasteiger partial charge is 0.419 e. The third-order valence-corrected chi connectivity index (χ3v) is 5.15. The second-order valence-electron chi connectivity index (χ2n) is 5.75. The van der Waals surface area contributed by atoms with Crippen molar-refractivity contribution in [3.63, 3.8) is 0 Å². The molecule has 3 rings (SSSR count). The molecule has 148 valence electrons. The van der Waals surface area contributed by atoms with Crippen LogP contribution in [0.2, 0.25) is 0 Å². The molecule has 3 aromatic rings. The van der Waals surface area contributed by atoms with E-state index in [1.165, 1.54) is 0 Å². The van der Waals surface area contributed by atoms with Crippen LogP contribution < -0.4 is 10.3 Å². The molecule has 0 bridgehead atoms. The molecule has 6 nitrogen and oxygen atoms in total. The summed E-state index contributed by atoms with van der Waals surface area (Å²) in [6.07, 6.45) is -5.08. The molecule has 0 atom stereocenters. The lowest BCUT2D eigenvalue weighted by atomic mass is 10.1. The summed E-state index contributed by atoms with van der Waals surface area (Å²) in [5, 5.41) is 0.642. The fraction of sp³-hybridized carbons (Fsp3) is 0.118. The van der Waals surface area contributed by atoms with Gasteiger partial charge in [-0.25, -0.2) is 12.8 Å². The van der Waals surface area contributed by atoms with Crippen LogP contribution >= 0.6 is 0 Å². The Balaban J connectivity index is 1.83. The Morgan fingerprint density at radius 2 is 1.79 bits per heavy atom. The highest BCUT2D eigenvalue weighted by Gasteiger charge is 2.35. The number of amides is 1. The van der Waals surface area contributed by atoms with Gasteiger partial charge in [0.1, 0.15) is 11.4 Å². The predicted octanol–water partition coefficient (Wildman–Crippen LogP) is 3.52. The van der Waals surface area contributed by atoms with Gasteiger partial charge in [0.2, 0.25) is 0 Å². The average Bonchev–Trinajstić information content (AvgIpc) is 2.96. The second-order valence-corrected chi connectivity index (χ2v) is 7.43. The zero-order chi connectivity index (χ0) is 20.7. The molecule has 0 radical (unpaired) electrons. The number of furan rings is 1. The maximum absolute atomic E-state index is 13.3. The number of aryl methyl sites for hydroxylation is 1. The van der Waals surface area contributed by atoms with Crippen molar-refractivity contribution in [2.45, 2.75) is 18.0 Å². The van der Waals surface area contributed by atoms with Crippen LogP contribution in [0.5, 0.6) is 0 Å². The van der Waals surface area contributed by atoms with Gasteiger partial charge in [-0.2, -0.15) is 13.2 Å². The zero-order valence-corrected chi connectivity index (χ0v) is 14.9. The van der Waals surface area contributed by atoms with Gasteiger partial charge in [0, 0.05) is 10.9 Å². The standard InChI is InChI=1S/C17H12F4N2O4S/c1-9-11-4-2-3-5-14(11)27-15(9)16(24)22-23-28(25,26)10-6-7-13(18)12(8-10)17(19,20)21/h2-8,23H,1H3,(H,22,24). The summed E-state index contributed by atoms with van der Waals surface area (Å²) in [5.41, 5.74) is 0.982. The normalized spacial score (nSPS) is 12.3. The molecule has 1 amide bonds. The number of fused-ring (bicyclic) bond motifs is 1. The molecule has 0 fully saturated rings. The van der Waals surface area contributed by atoms with E-state index in [2.05, 4.69) is 0 Å². The summed E-state index contributed by atoms with van der Waals surface area (Å²) in [6, 6.07) is 7.88. The summed E-state index contributed by atoms with van der Waals surface area (Å²) in [5.74, 6) is -2.73. The summed E-state index contributed by atoms with van der Waals surface area (Å²) in [4.78, 5) is 13.0. The zero-order valence-electron chi connectivity index (χ0n) is 14.1. The van der Waals surface area contributed by atoms with E-state index in [9.17, 15) is 30.8 Å². The van der Waals surface area contributed by atoms with E-state index < -0.39 is 38.4 Å². The number of para-hydroxylation sites is 1. The Kier molecular flexibility index (Phi) is 4.90. The fourth-order valence-corrected chi connectivity index (χ4v) is 3.37. The van der Waals surface area contributed by atoms with E-state index in [-0.39, 0.29) is 11.8 Å². The first kappa shape index (κ1) is 19.8. The first-order valence-corrected chi connectivity index (χ1v) is 9.16. The molecule has 0 aliphatic rings. The first-order chi connectivity index (χ1) is 13.0. The van der Waals surface area contributed by atoms with Crippen molar-refractivity contribution in [2.75, 3.05) is 0 Å². The summed E-state index contributed by atoms with van der Waals surface area (Å²) >= 11 is 0. The average molecular weight is 416 g/mol. The van der Waals surface area contributed by atoms with Crippen molar-refractivity contribution in [2.24, 2.45) is 0 Å². The van der Waals surface area contributed by atoms with Gasteiger partial charge in [0.05, 0.1) is 10.5 Å². The Bertz CT molecular complexity index is 1170. The second kappa shape index (κ2) is 6.91. The van der Waals surface area contributed by atoms with Crippen LogP contribution in [0.4, 0.5) is 17.6 Å². The predicted molar refractivity (Wildman–Crippen MR) is 90.1 cm³/mol. The number of rotatable bonds is 4. The molecular formula is C17H12F4N2O4S. The molecule has 1 aromatic heterocycles. The number of halogens is 4. The largest absolute Gasteiger partial charge is 0.451 e. The Morgan fingerprint density at radius 3 is 2.43 bits per heavy atom. The van der Waals surface area contributed by atoms with Gasteiger partial charge in [-0.3, -0.25) is 10.2 Å². The van der Waals surface area contributed by atoms with Gasteiger partial charge in [-0.1, -0.05) is 18.2 Å². The molecule has 28 heavy (non-hydrogen) atoms. The minimum Gasteiger partial charge on any atom is -0.451 e. The molecule has 11 heteroatoms. The molecule has 2 N–H and O–H groups in total. The minimum absolute atomic E-state index is 0.135. The van der Waals surface area contributed by atoms with Crippen LogP contribution in [0.1, 0.15) is 21.7 Å². The van der Waals surface area contributed by atoms with Crippen molar-refractivity contribution in [3.05, 3.63) is 65.2 Å². The Morgan fingerprint density at radius 1 is 1.11 bits per heavy atom. The molecule has 1 heterocycles. The van der Waals surface area contributed by atoms with Gasteiger partial charge < -0.3 is 4.42 Å². The van der Waals surface area contributed by atoms with E-state index >= 15 is 0 Å². The van der Waals surface area contributed by atoms with Crippen molar-refractivity contribution < 1.29 is 35.2 Å². The van der Waals surface area contributed by atoms with Crippen LogP contribution in [-0.2, 0) is 16.2 Å². The number of hydrogen-bond donors (Lipinski definition) is 2. The molecule has 0 unspecified atom stereocenters. The van der Waals surface area contributed by atoms with Gasteiger partial charge in [-0.15, -0.1) is 4.83 Å². The fourth-order valence-electron chi connectivity index (χ4n) is 2.51. The number of alkyl halides is 3. The summed E-state index contributed by atoms with van der Waals surface area (Å²) in [7, 11) is -4.60. The monoisotopic (exact) mass is 416 g/mol. The van der Waals surface area contributed by atoms with Crippen LogP contribution in [0.15, 0.2) is 51.8 Å². The molecule has 0 saturated heterocycles. The lowest BCUT2D eigenvalue weighted by molar-refractivity contribution is -0.140. The number of sulfonamides is 1. The highest BCUT2D eigenvalue weighted by atomic mass is 32.2. The highest BCUT2D eigenvalue weighted by Crippen LogP contribution is 2.32. The number of nitrogens with one attached hydrogen (secondary N) is 2. The van der Waals surface area contributed by atoms with Crippen molar-refractivity contribution in [1.29, 1.82) is 0 Å². The van der Waals surface area contributed by atoms with E-state index in [0.29, 0.717) is 28.7 Å². The topological polar surface area (TPSA) is 88.4 Å². The van der Waals surface area contributed by atoms with Crippen LogP contribution in [0.25, 0.3) is 11.0 Å². The lowest BCUT2D eigenvalue weighted by Crippen LogP contribution is -2.41. The lowest BCUT2D eigenvalue weighted by Gasteiger charge is -2.11. The highest BCUT2D eigenvalue weighted by molar-refractivity contribution is 7.89. The number of hydrogen-bond acceptors (Lipinski definition) is 4. The summed E-state index contributed by atoms with van der Waals surface area (Å²) in [6.45, 7) is 1.59. The molecule has 0 aliphatic carbocycles. The van der Waals surface area contributed by atoms with Crippen molar-refractivity contribution >= 4 is 26.9 Å². The third kappa shape index (κ3) is 3.71. The molecule has 0 aliphatic heterocycles. The number of carbonyl (C=O) groups excluding carboxylic acids is 1. The Hall–Kier alpha value is -2.92. The van der Waals surface area contributed by atoms with Crippen LogP contribution in [0.3, 0.4) is 0 Å². The number of benzene rings is 2. The summed E-state index contributed by atoms with van der Waals surface area (Å²) < 4.78 is 81.3. The first-order valence-electron chi connectivity index (χ1n) is 7.68. The molecule has 0 saturated carbocycles. The van der Waals surface area contributed by atoms with Crippen molar-refractivity contribution in [1.82, 2.24) is 10.3 Å². The number of hydrazine groups is 1. The molecule has 0 spiro atoms. The molecular weight excluding hydrogens is 404 g/mol. The van der Waals surface area contributed by atoms with E-state index in [0.717, 1.165) is 0 Å². The molecule has 2 aromatic carbocycles. The third-order valence-electron chi connectivity index (χ3n) is 3.90. The van der Waals surface area contributed by atoms with Gasteiger partial charge in [-0.05, 0) is 31.2 Å². The van der Waals surface area contributed by atoms with E-state index in [1.807, 2.05) is 5.43 Å². The maximum atomic E-state index is 13.3. The maximum Gasteiger partial charge on any atom is 0.419 e. The SMILES string of the molecule is Cc1c(C(=O)NNS(=O)(=O)c2ccc(F)c(C(F)(F)F)c2)oc2ccccc12. The van der Waals surface area contributed by atoms with Crippen molar-refractivity contribution in [3.8, 4) is 0 Å². The van der Waals surface area contributed by atoms with E-state index in [4.69, 9.17) is 4.42 Å². The van der Waals surface area contributed by atoms with E-state index in [1.54, 1.807) is 36.0 Å².